The lowest BCUT2D eigenvalue weighted by atomic mass is 9.90. The SMILES string of the molecule is O=C(O)[C@@H]1CC=CC[C@H]1N=C=S. The van der Waals surface area contributed by atoms with Gasteiger partial charge < -0.3 is 5.11 Å². The van der Waals surface area contributed by atoms with E-state index in [1.54, 1.807) is 0 Å². The topological polar surface area (TPSA) is 49.7 Å². The second-order valence-electron chi connectivity index (χ2n) is 2.68. The summed E-state index contributed by atoms with van der Waals surface area (Å²) in [5.41, 5.74) is 0. The van der Waals surface area contributed by atoms with Gasteiger partial charge in [-0.05, 0) is 25.1 Å². The third-order valence-electron chi connectivity index (χ3n) is 1.93. The van der Waals surface area contributed by atoms with E-state index in [2.05, 4.69) is 22.4 Å². The van der Waals surface area contributed by atoms with Gasteiger partial charge in [-0.15, -0.1) is 0 Å². The summed E-state index contributed by atoms with van der Waals surface area (Å²) in [6.07, 6.45) is 5.00. The van der Waals surface area contributed by atoms with Crippen molar-refractivity contribution < 1.29 is 9.90 Å². The molecule has 1 rings (SSSR count). The van der Waals surface area contributed by atoms with Crippen LogP contribution in [-0.4, -0.2) is 22.3 Å². The molecule has 0 heterocycles. The lowest BCUT2D eigenvalue weighted by Gasteiger charge is -2.19. The fourth-order valence-electron chi connectivity index (χ4n) is 1.28. The molecule has 0 aromatic carbocycles. The van der Waals surface area contributed by atoms with Crippen LogP contribution in [0.5, 0.6) is 0 Å². The standard InChI is InChI=1S/C8H9NO2S/c10-8(11)6-3-1-2-4-7(6)9-5-12/h1-2,6-7H,3-4H2,(H,10,11)/t6-,7-/m1/s1. The zero-order valence-electron chi connectivity index (χ0n) is 6.43. The molecule has 4 heteroatoms. The minimum Gasteiger partial charge on any atom is -0.481 e. The van der Waals surface area contributed by atoms with E-state index in [0.29, 0.717) is 12.8 Å². The van der Waals surface area contributed by atoms with Crippen LogP contribution in [0, 0.1) is 5.92 Å². The van der Waals surface area contributed by atoms with Crippen molar-refractivity contribution in [1.82, 2.24) is 0 Å². The highest BCUT2D eigenvalue weighted by molar-refractivity contribution is 7.78. The molecule has 0 aliphatic heterocycles. The number of carboxylic acids is 1. The number of aliphatic imine (C=N–C) groups is 1. The first-order valence-corrected chi connectivity index (χ1v) is 4.11. The monoisotopic (exact) mass is 183 g/mol. The Bertz CT molecular complexity index is 244. The summed E-state index contributed by atoms with van der Waals surface area (Å²) in [6.45, 7) is 0. The number of isothiocyanates is 1. The Labute approximate surface area is 75.8 Å². The average Bonchev–Trinajstić information content (AvgIpc) is 2.05. The zero-order valence-corrected chi connectivity index (χ0v) is 7.25. The van der Waals surface area contributed by atoms with Gasteiger partial charge in [-0.2, -0.15) is 0 Å². The molecule has 1 aliphatic rings. The molecular weight excluding hydrogens is 174 g/mol. The van der Waals surface area contributed by atoms with E-state index >= 15 is 0 Å². The number of hydrogen-bond acceptors (Lipinski definition) is 3. The van der Waals surface area contributed by atoms with Gasteiger partial charge >= 0.3 is 5.97 Å². The van der Waals surface area contributed by atoms with E-state index < -0.39 is 11.9 Å². The van der Waals surface area contributed by atoms with Crippen LogP contribution in [0.25, 0.3) is 0 Å². The maximum absolute atomic E-state index is 10.7. The van der Waals surface area contributed by atoms with E-state index in [-0.39, 0.29) is 6.04 Å². The molecule has 0 fully saturated rings. The van der Waals surface area contributed by atoms with Crippen LogP contribution >= 0.6 is 12.2 Å². The van der Waals surface area contributed by atoms with Gasteiger partial charge in [0.1, 0.15) is 0 Å². The Kier molecular flexibility index (Phi) is 3.14. The molecule has 0 aromatic heterocycles. The molecule has 1 N–H and O–H groups in total. The second kappa shape index (κ2) is 4.14. The van der Waals surface area contributed by atoms with Crippen molar-refractivity contribution in [3.05, 3.63) is 12.2 Å². The van der Waals surface area contributed by atoms with Crippen LogP contribution in [0.15, 0.2) is 17.1 Å². The maximum atomic E-state index is 10.7. The van der Waals surface area contributed by atoms with Gasteiger partial charge in [0.2, 0.25) is 0 Å². The van der Waals surface area contributed by atoms with Gasteiger partial charge in [0.05, 0.1) is 17.1 Å². The number of hydrogen-bond donors (Lipinski definition) is 1. The summed E-state index contributed by atoms with van der Waals surface area (Å²) in [5.74, 6) is -1.23. The number of thiocarbonyl (C=S) groups is 1. The van der Waals surface area contributed by atoms with Crippen LogP contribution in [0.4, 0.5) is 0 Å². The Morgan fingerprint density at radius 1 is 1.58 bits per heavy atom. The second-order valence-corrected chi connectivity index (χ2v) is 2.86. The number of allylic oxidation sites excluding steroid dienone is 1. The van der Waals surface area contributed by atoms with Crippen molar-refractivity contribution in [2.45, 2.75) is 18.9 Å². The molecule has 0 radical (unpaired) electrons. The molecule has 0 saturated carbocycles. The number of rotatable bonds is 2. The van der Waals surface area contributed by atoms with Gasteiger partial charge in [-0.25, -0.2) is 4.99 Å². The first kappa shape index (κ1) is 9.10. The van der Waals surface area contributed by atoms with Crippen LogP contribution in [0.3, 0.4) is 0 Å². The average molecular weight is 183 g/mol. The summed E-state index contributed by atoms with van der Waals surface area (Å²) in [5, 5.41) is 11.0. The summed E-state index contributed by atoms with van der Waals surface area (Å²) >= 11 is 4.44. The van der Waals surface area contributed by atoms with E-state index in [1.807, 2.05) is 12.2 Å². The zero-order chi connectivity index (χ0) is 8.97. The molecular formula is C8H9NO2S. The summed E-state index contributed by atoms with van der Waals surface area (Å²) < 4.78 is 0. The Hall–Kier alpha value is -0.990. The molecule has 1 aliphatic carbocycles. The maximum Gasteiger partial charge on any atom is 0.309 e. The fraction of sp³-hybridized carbons (Fsp3) is 0.500. The summed E-state index contributed by atoms with van der Waals surface area (Å²) in [4.78, 5) is 14.5. The molecule has 64 valence electrons. The fourth-order valence-corrected chi connectivity index (χ4v) is 1.41. The highest BCUT2D eigenvalue weighted by Crippen LogP contribution is 2.21. The van der Waals surface area contributed by atoms with Crippen molar-refractivity contribution >= 4 is 23.3 Å². The molecule has 3 nitrogen and oxygen atoms in total. The van der Waals surface area contributed by atoms with Crippen molar-refractivity contribution in [3.63, 3.8) is 0 Å². The predicted molar refractivity (Wildman–Crippen MR) is 48.3 cm³/mol. The van der Waals surface area contributed by atoms with Crippen molar-refractivity contribution in [2.24, 2.45) is 10.9 Å². The number of nitrogens with zero attached hydrogens (tertiary/aromatic N) is 1. The van der Waals surface area contributed by atoms with Crippen molar-refractivity contribution in [2.75, 3.05) is 0 Å². The number of aliphatic carboxylic acids is 1. The molecule has 0 amide bonds. The van der Waals surface area contributed by atoms with E-state index in [9.17, 15) is 4.79 Å². The van der Waals surface area contributed by atoms with Gasteiger partial charge in [-0.1, -0.05) is 12.2 Å². The first-order valence-electron chi connectivity index (χ1n) is 3.70. The van der Waals surface area contributed by atoms with Crippen LogP contribution in [-0.2, 0) is 4.79 Å². The molecule has 12 heavy (non-hydrogen) atoms. The van der Waals surface area contributed by atoms with Crippen LogP contribution in [0.1, 0.15) is 12.8 Å². The van der Waals surface area contributed by atoms with Gasteiger partial charge in [-0.3, -0.25) is 4.79 Å². The molecule has 0 spiro atoms. The summed E-state index contributed by atoms with van der Waals surface area (Å²) in [6, 6.07) is -0.218. The first-order chi connectivity index (χ1) is 5.75. The lowest BCUT2D eigenvalue weighted by Crippen LogP contribution is -2.27. The van der Waals surface area contributed by atoms with E-state index in [4.69, 9.17) is 5.11 Å². The highest BCUT2D eigenvalue weighted by atomic mass is 32.1. The minimum atomic E-state index is -0.807. The highest BCUT2D eigenvalue weighted by Gasteiger charge is 2.27. The van der Waals surface area contributed by atoms with Crippen molar-refractivity contribution in [3.8, 4) is 0 Å². The smallest absolute Gasteiger partial charge is 0.309 e. The molecule has 0 unspecified atom stereocenters. The molecule has 0 bridgehead atoms. The largest absolute Gasteiger partial charge is 0.481 e. The Morgan fingerprint density at radius 2 is 2.25 bits per heavy atom. The minimum absolute atomic E-state index is 0.218. The quantitative estimate of drug-likeness (QED) is 0.401. The Balaban J connectivity index is 2.75. The molecule has 0 aromatic rings. The van der Waals surface area contributed by atoms with Gasteiger partial charge in [0, 0.05) is 0 Å². The summed E-state index contributed by atoms with van der Waals surface area (Å²) in [7, 11) is 0. The molecule has 0 saturated heterocycles. The number of carboxylic acid groups (broad SMARTS) is 1. The van der Waals surface area contributed by atoms with Crippen LogP contribution in [0.2, 0.25) is 0 Å². The third-order valence-corrected chi connectivity index (χ3v) is 2.04. The van der Waals surface area contributed by atoms with E-state index in [1.165, 1.54) is 0 Å². The van der Waals surface area contributed by atoms with Gasteiger partial charge in [0.15, 0.2) is 0 Å². The van der Waals surface area contributed by atoms with Crippen LogP contribution < -0.4 is 0 Å². The molecule has 2 atom stereocenters. The van der Waals surface area contributed by atoms with Crippen molar-refractivity contribution in [1.29, 1.82) is 0 Å². The Morgan fingerprint density at radius 3 is 2.83 bits per heavy atom. The number of carbonyl (C=O) groups is 1. The lowest BCUT2D eigenvalue weighted by molar-refractivity contribution is -0.142. The van der Waals surface area contributed by atoms with E-state index in [0.717, 1.165) is 0 Å². The third kappa shape index (κ3) is 2.00. The normalized spacial score (nSPS) is 27.7. The predicted octanol–water partition coefficient (Wildman–Crippen LogP) is 1.51. The van der Waals surface area contributed by atoms with Gasteiger partial charge in [0.25, 0.3) is 0 Å².